The summed E-state index contributed by atoms with van der Waals surface area (Å²) in [5, 5.41) is 15.7. The van der Waals surface area contributed by atoms with E-state index in [4.69, 9.17) is 4.42 Å². The van der Waals surface area contributed by atoms with Gasteiger partial charge < -0.3 is 9.73 Å². The van der Waals surface area contributed by atoms with Gasteiger partial charge in [-0.15, -0.1) is 5.10 Å². The first-order valence-corrected chi connectivity index (χ1v) is 8.35. The number of furan rings is 1. The monoisotopic (exact) mass is 325 g/mol. The average molecular weight is 325 g/mol. The van der Waals surface area contributed by atoms with E-state index in [0.29, 0.717) is 29.8 Å². The molecule has 124 valence electrons. The number of tetrazole rings is 1. The minimum absolute atomic E-state index is 0.260. The van der Waals surface area contributed by atoms with Gasteiger partial charge >= 0.3 is 0 Å². The summed E-state index contributed by atoms with van der Waals surface area (Å²) in [5.74, 6) is 0.726. The molecule has 0 saturated heterocycles. The van der Waals surface area contributed by atoms with Crippen LogP contribution in [-0.4, -0.2) is 26.1 Å². The van der Waals surface area contributed by atoms with E-state index in [1.54, 1.807) is 6.07 Å². The predicted molar refractivity (Wildman–Crippen MR) is 87.3 cm³/mol. The second kappa shape index (κ2) is 6.43. The highest BCUT2D eigenvalue weighted by Crippen LogP contribution is 2.27. The zero-order valence-electron chi connectivity index (χ0n) is 13.3. The van der Waals surface area contributed by atoms with Crippen LogP contribution in [0.4, 0.5) is 0 Å². The highest BCUT2D eigenvalue weighted by molar-refractivity contribution is 5.95. The minimum atomic E-state index is -0.260. The summed E-state index contributed by atoms with van der Waals surface area (Å²) in [6, 6.07) is 9.64. The molecule has 2 aromatic heterocycles. The van der Waals surface area contributed by atoms with Crippen molar-refractivity contribution in [2.45, 2.75) is 44.7 Å². The summed E-state index contributed by atoms with van der Waals surface area (Å²) in [6.07, 6.45) is 5.87. The molecule has 3 aromatic rings. The number of nitrogens with one attached hydrogen (secondary N) is 1. The molecule has 7 nitrogen and oxygen atoms in total. The van der Waals surface area contributed by atoms with Crippen molar-refractivity contribution in [3.8, 4) is 0 Å². The van der Waals surface area contributed by atoms with E-state index in [-0.39, 0.29) is 5.91 Å². The maximum absolute atomic E-state index is 12.3. The summed E-state index contributed by atoms with van der Waals surface area (Å²) in [7, 11) is 0. The Labute approximate surface area is 139 Å². The first kappa shape index (κ1) is 14.9. The van der Waals surface area contributed by atoms with Crippen LogP contribution in [0.3, 0.4) is 0 Å². The number of amides is 1. The Morgan fingerprint density at radius 1 is 1.25 bits per heavy atom. The highest BCUT2D eigenvalue weighted by atomic mass is 16.3. The van der Waals surface area contributed by atoms with Gasteiger partial charge in [-0.3, -0.25) is 4.79 Å². The number of fused-ring (bicyclic) bond motifs is 1. The second-order valence-electron chi connectivity index (χ2n) is 6.16. The normalized spacial score (nSPS) is 15.7. The van der Waals surface area contributed by atoms with E-state index in [1.807, 2.05) is 28.9 Å². The smallest absolute Gasteiger partial charge is 0.287 e. The van der Waals surface area contributed by atoms with Gasteiger partial charge in [-0.05, 0) is 35.4 Å². The van der Waals surface area contributed by atoms with E-state index < -0.39 is 0 Å². The second-order valence-corrected chi connectivity index (χ2v) is 6.16. The first-order valence-electron chi connectivity index (χ1n) is 8.35. The van der Waals surface area contributed by atoms with Gasteiger partial charge in [-0.1, -0.05) is 37.5 Å². The third-order valence-corrected chi connectivity index (χ3v) is 4.54. The van der Waals surface area contributed by atoms with Crippen LogP contribution in [0, 0.1) is 0 Å². The van der Waals surface area contributed by atoms with Gasteiger partial charge in [0.15, 0.2) is 11.6 Å². The summed E-state index contributed by atoms with van der Waals surface area (Å²) >= 11 is 0. The SMILES string of the molecule is O=C(NCc1nnnn1C1CCCCC1)c1cc2ccccc2o1. The fourth-order valence-corrected chi connectivity index (χ4v) is 3.28. The highest BCUT2D eigenvalue weighted by Gasteiger charge is 2.20. The molecule has 1 N–H and O–H groups in total. The number of carbonyl (C=O) groups excluding carboxylic acids is 1. The van der Waals surface area contributed by atoms with Crippen LogP contribution in [0.5, 0.6) is 0 Å². The molecule has 1 amide bonds. The lowest BCUT2D eigenvalue weighted by molar-refractivity contribution is 0.0923. The molecule has 1 saturated carbocycles. The number of benzene rings is 1. The fourth-order valence-electron chi connectivity index (χ4n) is 3.28. The Hall–Kier alpha value is -2.70. The van der Waals surface area contributed by atoms with Crippen LogP contribution >= 0.6 is 0 Å². The van der Waals surface area contributed by atoms with Crippen molar-refractivity contribution in [3.63, 3.8) is 0 Å². The Morgan fingerprint density at radius 3 is 2.92 bits per heavy atom. The molecular weight excluding hydrogens is 306 g/mol. The maximum atomic E-state index is 12.3. The lowest BCUT2D eigenvalue weighted by atomic mass is 9.95. The van der Waals surface area contributed by atoms with Gasteiger partial charge in [0.25, 0.3) is 5.91 Å². The predicted octanol–water partition coefficient (Wildman–Crippen LogP) is 2.85. The molecule has 1 fully saturated rings. The molecule has 0 aliphatic heterocycles. The number of hydrogen-bond acceptors (Lipinski definition) is 5. The zero-order chi connectivity index (χ0) is 16.4. The number of nitrogens with zero attached hydrogens (tertiary/aromatic N) is 4. The lowest BCUT2D eigenvalue weighted by Gasteiger charge is -2.22. The van der Waals surface area contributed by atoms with E-state index in [2.05, 4.69) is 20.8 Å². The Bertz CT molecular complexity index is 814. The van der Waals surface area contributed by atoms with Crippen LogP contribution in [0.2, 0.25) is 0 Å². The Kier molecular flexibility index (Phi) is 3.98. The molecule has 0 bridgehead atoms. The Balaban J connectivity index is 1.45. The largest absolute Gasteiger partial charge is 0.451 e. The summed E-state index contributed by atoms with van der Waals surface area (Å²) in [4.78, 5) is 12.3. The number of para-hydroxylation sites is 1. The molecule has 0 atom stereocenters. The van der Waals surface area contributed by atoms with Gasteiger partial charge in [0.1, 0.15) is 5.58 Å². The van der Waals surface area contributed by atoms with Gasteiger partial charge in [0.05, 0.1) is 12.6 Å². The number of rotatable bonds is 4. The fraction of sp³-hybridized carbons (Fsp3) is 0.412. The van der Waals surface area contributed by atoms with Gasteiger partial charge in [0.2, 0.25) is 0 Å². The maximum Gasteiger partial charge on any atom is 0.287 e. The van der Waals surface area contributed by atoms with Gasteiger partial charge in [0, 0.05) is 5.39 Å². The van der Waals surface area contributed by atoms with Crippen molar-refractivity contribution in [1.82, 2.24) is 25.5 Å². The lowest BCUT2D eigenvalue weighted by Crippen LogP contribution is -2.26. The van der Waals surface area contributed by atoms with Crippen LogP contribution < -0.4 is 5.32 Å². The zero-order valence-corrected chi connectivity index (χ0v) is 13.3. The molecule has 7 heteroatoms. The quantitative estimate of drug-likeness (QED) is 0.797. The molecule has 2 heterocycles. The van der Waals surface area contributed by atoms with Crippen LogP contribution in [0.15, 0.2) is 34.7 Å². The van der Waals surface area contributed by atoms with Crippen LogP contribution in [0.25, 0.3) is 11.0 Å². The number of hydrogen-bond donors (Lipinski definition) is 1. The standard InChI is InChI=1S/C17H19N5O2/c23-17(15-10-12-6-4-5-9-14(12)24-15)18-11-16-19-20-21-22(16)13-7-2-1-3-8-13/h4-6,9-10,13H,1-3,7-8,11H2,(H,18,23). The third-order valence-electron chi connectivity index (χ3n) is 4.54. The molecule has 1 aliphatic carbocycles. The topological polar surface area (TPSA) is 85.8 Å². The minimum Gasteiger partial charge on any atom is -0.451 e. The molecule has 0 unspecified atom stereocenters. The van der Waals surface area contributed by atoms with Crippen molar-refractivity contribution in [2.75, 3.05) is 0 Å². The number of aromatic nitrogens is 4. The van der Waals surface area contributed by atoms with Gasteiger partial charge in [-0.2, -0.15) is 0 Å². The van der Waals surface area contributed by atoms with Crippen molar-refractivity contribution in [2.24, 2.45) is 0 Å². The van der Waals surface area contributed by atoms with E-state index in [0.717, 1.165) is 18.2 Å². The molecule has 1 aromatic carbocycles. The van der Waals surface area contributed by atoms with Crippen molar-refractivity contribution in [3.05, 3.63) is 41.9 Å². The van der Waals surface area contributed by atoms with Crippen molar-refractivity contribution in [1.29, 1.82) is 0 Å². The molecule has 0 radical (unpaired) electrons. The van der Waals surface area contributed by atoms with Crippen LogP contribution in [-0.2, 0) is 6.54 Å². The van der Waals surface area contributed by atoms with E-state index >= 15 is 0 Å². The van der Waals surface area contributed by atoms with Crippen LogP contribution in [0.1, 0.15) is 54.5 Å². The Morgan fingerprint density at radius 2 is 2.08 bits per heavy atom. The third kappa shape index (κ3) is 2.89. The van der Waals surface area contributed by atoms with E-state index in [1.165, 1.54) is 19.3 Å². The molecule has 4 rings (SSSR count). The summed E-state index contributed by atoms with van der Waals surface area (Å²) in [6.45, 7) is 0.291. The molecule has 24 heavy (non-hydrogen) atoms. The molecule has 1 aliphatic rings. The number of carbonyl (C=O) groups is 1. The summed E-state index contributed by atoms with van der Waals surface area (Å²) < 4.78 is 7.43. The molecule has 0 spiro atoms. The first-order chi connectivity index (χ1) is 11.8. The van der Waals surface area contributed by atoms with Crippen molar-refractivity contribution >= 4 is 16.9 Å². The van der Waals surface area contributed by atoms with Crippen molar-refractivity contribution < 1.29 is 9.21 Å². The van der Waals surface area contributed by atoms with Gasteiger partial charge in [-0.25, -0.2) is 4.68 Å². The summed E-state index contributed by atoms with van der Waals surface area (Å²) in [5.41, 5.74) is 0.703. The average Bonchev–Trinajstić information content (AvgIpc) is 3.27. The van der Waals surface area contributed by atoms with E-state index in [9.17, 15) is 4.79 Å². The molecular formula is C17H19N5O2.